The molecule has 0 saturated carbocycles. The van der Waals surface area contributed by atoms with Crippen LogP contribution in [0.3, 0.4) is 0 Å². The lowest BCUT2D eigenvalue weighted by atomic mass is 10.1. The Labute approximate surface area is 101 Å². The van der Waals surface area contributed by atoms with E-state index in [4.69, 9.17) is 0 Å². The number of benzene rings is 1. The van der Waals surface area contributed by atoms with Crippen molar-refractivity contribution in [2.24, 2.45) is 4.99 Å². The molecule has 0 amide bonds. The molecule has 0 unspecified atom stereocenters. The van der Waals surface area contributed by atoms with E-state index in [0.29, 0.717) is 5.57 Å². The molecule has 0 aliphatic carbocycles. The second-order valence-electron chi connectivity index (χ2n) is 4.10. The minimum atomic E-state index is 0.0532. The van der Waals surface area contributed by atoms with Crippen LogP contribution in [-0.4, -0.2) is 12.0 Å². The molecule has 1 heterocycles. The van der Waals surface area contributed by atoms with Crippen molar-refractivity contribution in [2.75, 3.05) is 5.32 Å². The number of nitrogens with zero attached hydrogens (tertiary/aromatic N) is 1. The Morgan fingerprint density at radius 2 is 2.12 bits per heavy atom. The van der Waals surface area contributed by atoms with Crippen LogP contribution < -0.4 is 5.32 Å². The van der Waals surface area contributed by atoms with Gasteiger partial charge in [0, 0.05) is 11.9 Å². The van der Waals surface area contributed by atoms with E-state index in [2.05, 4.69) is 17.2 Å². The maximum Gasteiger partial charge on any atom is 0.163 e. The van der Waals surface area contributed by atoms with Crippen LogP contribution in [0.4, 0.5) is 11.4 Å². The summed E-state index contributed by atoms with van der Waals surface area (Å²) in [7, 11) is 0. The minimum Gasteiger partial charge on any atom is -0.356 e. The van der Waals surface area contributed by atoms with Gasteiger partial charge >= 0.3 is 0 Å². The predicted octanol–water partition coefficient (Wildman–Crippen LogP) is 3.46. The van der Waals surface area contributed by atoms with E-state index in [0.717, 1.165) is 29.9 Å². The maximum atomic E-state index is 11.6. The third-order valence-electron chi connectivity index (χ3n) is 2.73. The summed E-state index contributed by atoms with van der Waals surface area (Å²) < 4.78 is 0. The molecule has 1 N–H and O–H groups in total. The number of Topliss-reactive ketones (excluding diaryl/α,β-unsaturated/α-hetero) is 1. The number of nitrogens with one attached hydrogen (secondary N) is 1. The van der Waals surface area contributed by atoms with E-state index < -0.39 is 0 Å². The molecule has 17 heavy (non-hydrogen) atoms. The van der Waals surface area contributed by atoms with Gasteiger partial charge in [-0.15, -0.1) is 0 Å². The number of aliphatic imine (C=N–C) groups is 1. The van der Waals surface area contributed by atoms with Crippen molar-refractivity contribution in [3.8, 4) is 0 Å². The van der Waals surface area contributed by atoms with Crippen LogP contribution in [0.1, 0.15) is 26.7 Å². The fraction of sp³-hybridized carbons (Fsp3) is 0.286. The molecule has 0 bridgehead atoms. The lowest BCUT2D eigenvalue weighted by Gasteiger charge is -2.11. The molecule has 3 heteroatoms. The number of ketones is 1. The molecule has 2 rings (SSSR count). The number of hydrogen-bond acceptors (Lipinski definition) is 3. The Balaban J connectivity index is 2.46. The maximum absolute atomic E-state index is 11.6. The van der Waals surface area contributed by atoms with Gasteiger partial charge in [0.1, 0.15) is 0 Å². The Morgan fingerprint density at radius 3 is 2.82 bits per heavy atom. The Bertz CT molecular complexity index is 501. The van der Waals surface area contributed by atoms with Gasteiger partial charge in [-0.05, 0) is 25.5 Å². The molecule has 0 atom stereocenters. The Hall–Kier alpha value is -1.90. The number of rotatable bonds is 3. The van der Waals surface area contributed by atoms with Gasteiger partial charge in [0.2, 0.25) is 0 Å². The normalized spacial score (nSPS) is 14.0. The average Bonchev–Trinajstić information content (AvgIpc) is 2.48. The highest BCUT2D eigenvalue weighted by molar-refractivity contribution is 6.14. The standard InChI is InChI=1S/C14H16N2O/c1-3-6-12-11(10(2)17)9-15-13-7-4-5-8-14(13)16-12/h4-5,7-9,16H,3,6H2,1-2H3. The first-order chi connectivity index (χ1) is 8.22. The minimum absolute atomic E-state index is 0.0532. The van der Waals surface area contributed by atoms with Crippen molar-refractivity contribution in [1.29, 1.82) is 0 Å². The molecule has 0 spiro atoms. The van der Waals surface area contributed by atoms with Gasteiger partial charge in [0.15, 0.2) is 5.78 Å². The first-order valence-electron chi connectivity index (χ1n) is 5.86. The molecule has 0 radical (unpaired) electrons. The quantitative estimate of drug-likeness (QED) is 0.860. The zero-order valence-corrected chi connectivity index (χ0v) is 10.2. The topological polar surface area (TPSA) is 41.5 Å². The van der Waals surface area contributed by atoms with Crippen LogP contribution in [0, 0.1) is 0 Å². The van der Waals surface area contributed by atoms with Gasteiger partial charge in [0.05, 0.1) is 16.9 Å². The highest BCUT2D eigenvalue weighted by atomic mass is 16.1. The summed E-state index contributed by atoms with van der Waals surface area (Å²) in [5, 5.41) is 3.33. The first-order valence-corrected chi connectivity index (χ1v) is 5.86. The summed E-state index contributed by atoms with van der Waals surface area (Å²) >= 11 is 0. The second kappa shape index (κ2) is 4.95. The van der Waals surface area contributed by atoms with Crippen LogP contribution in [-0.2, 0) is 4.79 Å². The largest absolute Gasteiger partial charge is 0.356 e. The monoisotopic (exact) mass is 228 g/mol. The molecule has 1 aliphatic rings. The number of para-hydroxylation sites is 2. The third kappa shape index (κ3) is 2.44. The van der Waals surface area contributed by atoms with Crippen molar-refractivity contribution in [2.45, 2.75) is 26.7 Å². The summed E-state index contributed by atoms with van der Waals surface area (Å²) in [6.07, 6.45) is 3.52. The molecule has 1 aromatic rings. The van der Waals surface area contributed by atoms with Crippen LogP contribution in [0.25, 0.3) is 0 Å². The van der Waals surface area contributed by atoms with Crippen molar-refractivity contribution < 1.29 is 4.79 Å². The van der Waals surface area contributed by atoms with Gasteiger partial charge in [-0.1, -0.05) is 25.5 Å². The van der Waals surface area contributed by atoms with Gasteiger partial charge in [-0.3, -0.25) is 9.79 Å². The van der Waals surface area contributed by atoms with Crippen molar-refractivity contribution in [1.82, 2.24) is 0 Å². The van der Waals surface area contributed by atoms with E-state index in [1.165, 1.54) is 0 Å². The molecule has 3 nitrogen and oxygen atoms in total. The van der Waals surface area contributed by atoms with Crippen LogP contribution in [0.2, 0.25) is 0 Å². The van der Waals surface area contributed by atoms with E-state index in [9.17, 15) is 4.79 Å². The molecule has 0 saturated heterocycles. The number of allylic oxidation sites excluding steroid dienone is 2. The number of fused-ring (bicyclic) bond motifs is 1. The summed E-state index contributed by atoms with van der Waals surface area (Å²) in [5.41, 5.74) is 3.48. The summed E-state index contributed by atoms with van der Waals surface area (Å²) in [4.78, 5) is 16.0. The zero-order valence-electron chi connectivity index (χ0n) is 10.2. The molecule has 0 fully saturated rings. The fourth-order valence-electron chi connectivity index (χ4n) is 1.88. The molecular weight excluding hydrogens is 212 g/mol. The van der Waals surface area contributed by atoms with Crippen LogP contribution in [0.15, 0.2) is 40.5 Å². The fourth-order valence-corrected chi connectivity index (χ4v) is 1.88. The molecule has 88 valence electrons. The van der Waals surface area contributed by atoms with Gasteiger partial charge < -0.3 is 5.32 Å². The first kappa shape index (κ1) is 11.6. The van der Waals surface area contributed by atoms with Gasteiger partial charge in [-0.25, -0.2) is 0 Å². The second-order valence-corrected chi connectivity index (χ2v) is 4.10. The van der Waals surface area contributed by atoms with E-state index in [-0.39, 0.29) is 5.78 Å². The van der Waals surface area contributed by atoms with Gasteiger partial charge in [-0.2, -0.15) is 0 Å². The Kier molecular flexibility index (Phi) is 3.38. The van der Waals surface area contributed by atoms with Crippen LogP contribution in [0.5, 0.6) is 0 Å². The number of hydrogen-bond donors (Lipinski definition) is 1. The summed E-state index contributed by atoms with van der Waals surface area (Å²) in [5.74, 6) is 0.0532. The van der Waals surface area contributed by atoms with E-state index >= 15 is 0 Å². The highest BCUT2D eigenvalue weighted by Gasteiger charge is 2.14. The van der Waals surface area contributed by atoms with Gasteiger partial charge in [0.25, 0.3) is 0 Å². The lowest BCUT2D eigenvalue weighted by molar-refractivity contribution is -0.113. The summed E-state index contributed by atoms with van der Waals surface area (Å²) in [6, 6.07) is 7.82. The predicted molar refractivity (Wildman–Crippen MR) is 70.8 cm³/mol. The number of anilines is 1. The molecule has 1 aromatic carbocycles. The SMILES string of the molecule is CCCC1=C(C(C)=O)C=Nc2ccccc2N1. The Morgan fingerprint density at radius 1 is 1.35 bits per heavy atom. The number of carbonyl (C=O) groups excluding carboxylic acids is 1. The van der Waals surface area contributed by atoms with Crippen molar-refractivity contribution in [3.63, 3.8) is 0 Å². The zero-order chi connectivity index (χ0) is 12.3. The third-order valence-corrected chi connectivity index (χ3v) is 2.73. The highest BCUT2D eigenvalue weighted by Crippen LogP contribution is 2.29. The average molecular weight is 228 g/mol. The molecule has 1 aliphatic heterocycles. The number of carbonyl (C=O) groups is 1. The summed E-state index contributed by atoms with van der Waals surface area (Å²) in [6.45, 7) is 3.68. The van der Waals surface area contributed by atoms with Crippen molar-refractivity contribution >= 4 is 23.4 Å². The molecule has 0 aromatic heterocycles. The van der Waals surface area contributed by atoms with Crippen LogP contribution >= 0.6 is 0 Å². The lowest BCUT2D eigenvalue weighted by Crippen LogP contribution is -2.08. The van der Waals surface area contributed by atoms with E-state index in [1.54, 1.807) is 13.1 Å². The van der Waals surface area contributed by atoms with Crippen molar-refractivity contribution in [3.05, 3.63) is 35.5 Å². The van der Waals surface area contributed by atoms with E-state index in [1.807, 2.05) is 24.3 Å². The smallest absolute Gasteiger partial charge is 0.163 e. The molecular formula is C14H16N2O.